The molecule has 1 atom stereocenters. The molecule has 5 nitrogen and oxygen atoms in total. The number of nitrogens with zero attached hydrogens (tertiary/aromatic N) is 4. The second-order valence-corrected chi connectivity index (χ2v) is 4.03. The van der Waals surface area contributed by atoms with Gasteiger partial charge in [-0.3, -0.25) is 0 Å². The molecular weight excluding hydrogens is 249 g/mol. The molecule has 0 aliphatic carbocycles. The number of aromatic nitrogens is 3. The SMILES string of the molecule is N#CCc1nnn(CC2CCCO2)c1C(F)(F)F. The molecule has 1 aliphatic heterocycles. The van der Waals surface area contributed by atoms with Gasteiger partial charge in [0.25, 0.3) is 0 Å². The Kier molecular flexibility index (Phi) is 3.52. The lowest BCUT2D eigenvalue weighted by Crippen LogP contribution is -2.22. The minimum atomic E-state index is -4.56. The monoisotopic (exact) mass is 260 g/mol. The van der Waals surface area contributed by atoms with Crippen molar-refractivity contribution < 1.29 is 17.9 Å². The highest BCUT2D eigenvalue weighted by Gasteiger charge is 2.39. The van der Waals surface area contributed by atoms with Crippen LogP contribution in [0.5, 0.6) is 0 Å². The van der Waals surface area contributed by atoms with E-state index in [2.05, 4.69) is 10.3 Å². The largest absolute Gasteiger partial charge is 0.434 e. The second-order valence-electron chi connectivity index (χ2n) is 4.03. The third-order valence-electron chi connectivity index (χ3n) is 2.72. The van der Waals surface area contributed by atoms with Gasteiger partial charge in [0.15, 0.2) is 5.69 Å². The zero-order valence-electron chi connectivity index (χ0n) is 9.44. The van der Waals surface area contributed by atoms with Gasteiger partial charge >= 0.3 is 6.18 Å². The van der Waals surface area contributed by atoms with Gasteiger partial charge in [0.1, 0.15) is 5.69 Å². The average molecular weight is 260 g/mol. The normalized spacial score (nSPS) is 20.0. The number of alkyl halides is 3. The van der Waals surface area contributed by atoms with Crippen molar-refractivity contribution in [2.75, 3.05) is 6.61 Å². The second kappa shape index (κ2) is 4.94. The summed E-state index contributed by atoms with van der Waals surface area (Å²) in [5, 5.41) is 15.4. The number of hydrogen-bond acceptors (Lipinski definition) is 4. The molecule has 2 heterocycles. The number of hydrogen-bond donors (Lipinski definition) is 0. The maximum Gasteiger partial charge on any atom is 0.434 e. The topological polar surface area (TPSA) is 63.7 Å². The predicted octanol–water partition coefficient (Wildman–Crippen LogP) is 1.54. The predicted molar refractivity (Wildman–Crippen MR) is 53.3 cm³/mol. The van der Waals surface area contributed by atoms with E-state index in [0.29, 0.717) is 13.0 Å². The Morgan fingerprint density at radius 1 is 1.50 bits per heavy atom. The van der Waals surface area contributed by atoms with Crippen LogP contribution >= 0.6 is 0 Å². The molecule has 1 fully saturated rings. The Bertz CT molecular complexity index is 457. The number of ether oxygens (including phenoxy) is 1. The molecule has 1 unspecified atom stereocenters. The van der Waals surface area contributed by atoms with Crippen molar-refractivity contribution in [2.45, 2.75) is 38.1 Å². The summed E-state index contributed by atoms with van der Waals surface area (Å²) < 4.78 is 44.7. The molecule has 0 radical (unpaired) electrons. The van der Waals surface area contributed by atoms with Crippen molar-refractivity contribution in [3.8, 4) is 6.07 Å². The molecule has 0 N–H and O–H groups in total. The van der Waals surface area contributed by atoms with Crippen LogP contribution < -0.4 is 0 Å². The maximum absolute atomic E-state index is 12.9. The molecule has 1 aliphatic rings. The van der Waals surface area contributed by atoms with Gasteiger partial charge in [0, 0.05) is 6.61 Å². The molecule has 0 amide bonds. The standard InChI is InChI=1S/C10H11F3N4O/c11-10(12,13)9-8(3-4-14)15-16-17(9)6-7-2-1-5-18-7/h7H,1-3,5-6H2. The summed E-state index contributed by atoms with van der Waals surface area (Å²) in [5.41, 5.74) is -1.28. The van der Waals surface area contributed by atoms with E-state index >= 15 is 0 Å². The van der Waals surface area contributed by atoms with Crippen LogP contribution in [0, 0.1) is 11.3 Å². The Morgan fingerprint density at radius 3 is 2.83 bits per heavy atom. The van der Waals surface area contributed by atoms with Crippen LogP contribution in [0.4, 0.5) is 13.2 Å². The van der Waals surface area contributed by atoms with Crippen molar-refractivity contribution in [2.24, 2.45) is 0 Å². The van der Waals surface area contributed by atoms with Gasteiger partial charge in [-0.05, 0) is 12.8 Å². The third kappa shape index (κ3) is 2.61. The number of nitriles is 1. The van der Waals surface area contributed by atoms with E-state index in [1.54, 1.807) is 6.07 Å². The maximum atomic E-state index is 12.9. The van der Waals surface area contributed by atoms with Crippen LogP contribution in [0.1, 0.15) is 24.2 Å². The smallest absolute Gasteiger partial charge is 0.376 e. The van der Waals surface area contributed by atoms with Gasteiger partial charge in [-0.25, -0.2) is 4.68 Å². The molecule has 0 bridgehead atoms. The molecule has 0 aromatic carbocycles. The summed E-state index contributed by atoms with van der Waals surface area (Å²) >= 11 is 0. The van der Waals surface area contributed by atoms with Crippen LogP contribution in [-0.2, 0) is 23.9 Å². The lowest BCUT2D eigenvalue weighted by molar-refractivity contribution is -0.145. The van der Waals surface area contributed by atoms with E-state index in [0.717, 1.165) is 11.1 Å². The van der Waals surface area contributed by atoms with Gasteiger partial charge < -0.3 is 4.74 Å². The van der Waals surface area contributed by atoms with Crippen molar-refractivity contribution in [1.82, 2.24) is 15.0 Å². The van der Waals surface area contributed by atoms with E-state index < -0.39 is 18.3 Å². The highest BCUT2D eigenvalue weighted by atomic mass is 19.4. The average Bonchev–Trinajstić information content (AvgIpc) is 2.88. The Balaban J connectivity index is 2.26. The fraction of sp³-hybridized carbons (Fsp3) is 0.700. The Labute approximate surface area is 101 Å². The van der Waals surface area contributed by atoms with Crippen molar-refractivity contribution in [3.63, 3.8) is 0 Å². The summed E-state index contributed by atoms with van der Waals surface area (Å²) in [4.78, 5) is 0. The van der Waals surface area contributed by atoms with Gasteiger partial charge in [-0.15, -0.1) is 5.10 Å². The highest BCUT2D eigenvalue weighted by molar-refractivity contribution is 5.17. The third-order valence-corrected chi connectivity index (χ3v) is 2.72. The molecule has 98 valence electrons. The molecule has 1 aromatic rings. The van der Waals surface area contributed by atoms with Crippen LogP contribution in [0.2, 0.25) is 0 Å². The fourth-order valence-corrected chi connectivity index (χ4v) is 1.96. The molecule has 2 rings (SSSR count). The Hall–Kier alpha value is -1.62. The van der Waals surface area contributed by atoms with Crippen LogP contribution in [0.15, 0.2) is 0 Å². The van der Waals surface area contributed by atoms with Crippen LogP contribution in [0.3, 0.4) is 0 Å². The summed E-state index contributed by atoms with van der Waals surface area (Å²) in [6, 6.07) is 1.66. The molecule has 1 aromatic heterocycles. The van der Waals surface area contributed by atoms with Crippen molar-refractivity contribution in [1.29, 1.82) is 5.26 Å². The first-order valence-electron chi connectivity index (χ1n) is 5.50. The quantitative estimate of drug-likeness (QED) is 0.827. The van der Waals surface area contributed by atoms with Crippen LogP contribution in [-0.4, -0.2) is 27.7 Å². The van der Waals surface area contributed by atoms with Gasteiger partial charge in [0.05, 0.1) is 25.1 Å². The van der Waals surface area contributed by atoms with Crippen molar-refractivity contribution >= 4 is 0 Å². The summed E-state index contributed by atoms with van der Waals surface area (Å²) in [5.74, 6) is 0. The highest BCUT2D eigenvalue weighted by Crippen LogP contribution is 2.31. The number of halogens is 3. The lowest BCUT2D eigenvalue weighted by atomic mass is 10.2. The van der Waals surface area contributed by atoms with Gasteiger partial charge in [0.2, 0.25) is 0 Å². The van der Waals surface area contributed by atoms with Gasteiger partial charge in [-0.2, -0.15) is 18.4 Å². The van der Waals surface area contributed by atoms with E-state index in [-0.39, 0.29) is 18.3 Å². The minimum absolute atomic E-state index is 0.0211. The summed E-state index contributed by atoms with van der Waals surface area (Å²) in [6.45, 7) is 0.582. The zero-order chi connectivity index (χ0) is 13.2. The van der Waals surface area contributed by atoms with E-state index in [1.807, 2.05) is 0 Å². The summed E-state index contributed by atoms with van der Waals surface area (Å²) in [7, 11) is 0. The fourth-order valence-electron chi connectivity index (χ4n) is 1.96. The molecule has 18 heavy (non-hydrogen) atoms. The van der Waals surface area contributed by atoms with Gasteiger partial charge in [-0.1, -0.05) is 5.21 Å². The molecular formula is C10H11F3N4O. The molecule has 0 spiro atoms. The number of rotatable bonds is 3. The first-order chi connectivity index (χ1) is 8.52. The molecule has 1 saturated heterocycles. The van der Waals surface area contributed by atoms with E-state index in [4.69, 9.17) is 10.00 Å². The minimum Gasteiger partial charge on any atom is -0.376 e. The summed E-state index contributed by atoms with van der Waals surface area (Å²) in [6.07, 6.45) is -3.67. The van der Waals surface area contributed by atoms with Crippen LogP contribution in [0.25, 0.3) is 0 Å². The van der Waals surface area contributed by atoms with E-state index in [1.165, 1.54) is 0 Å². The van der Waals surface area contributed by atoms with E-state index in [9.17, 15) is 13.2 Å². The molecule has 0 saturated carbocycles. The first-order valence-corrected chi connectivity index (χ1v) is 5.50. The lowest BCUT2D eigenvalue weighted by Gasteiger charge is -2.13. The zero-order valence-corrected chi connectivity index (χ0v) is 9.44. The first kappa shape index (κ1) is 12.8. The molecule has 8 heteroatoms. The van der Waals surface area contributed by atoms with Crippen molar-refractivity contribution in [3.05, 3.63) is 11.4 Å². The Morgan fingerprint density at radius 2 is 2.28 bits per heavy atom.